The molecule has 0 amide bonds. The summed E-state index contributed by atoms with van der Waals surface area (Å²) in [6.07, 6.45) is 1.52. The molecule has 0 aliphatic rings. The minimum absolute atomic E-state index is 0.406. The van der Waals surface area contributed by atoms with E-state index in [9.17, 15) is 5.11 Å². The van der Waals surface area contributed by atoms with Gasteiger partial charge in [-0.3, -0.25) is 0 Å². The zero-order chi connectivity index (χ0) is 14.7. The highest BCUT2D eigenvalue weighted by atomic mass is 16.3. The van der Waals surface area contributed by atoms with Crippen molar-refractivity contribution in [1.29, 1.82) is 0 Å². The zero-order valence-electron chi connectivity index (χ0n) is 11.7. The van der Waals surface area contributed by atoms with Crippen LogP contribution in [-0.4, -0.2) is 31.1 Å². The van der Waals surface area contributed by atoms with Crippen LogP contribution in [0.15, 0.2) is 36.7 Å². The van der Waals surface area contributed by atoms with E-state index in [1.165, 1.54) is 5.56 Å². The van der Waals surface area contributed by atoms with Crippen LogP contribution in [0.2, 0.25) is 0 Å². The Bertz CT molecular complexity index is 723. The number of imidazole rings is 1. The number of anilines is 1. The van der Waals surface area contributed by atoms with E-state index < -0.39 is 6.10 Å². The summed E-state index contributed by atoms with van der Waals surface area (Å²) in [5.74, 6) is 1.29. The molecule has 108 valence electrons. The highest BCUT2D eigenvalue weighted by Gasteiger charge is 2.11. The topological polar surface area (TPSA) is 86.7 Å². The van der Waals surface area contributed by atoms with E-state index in [1.54, 1.807) is 13.3 Å². The fourth-order valence-corrected chi connectivity index (χ4v) is 2.14. The van der Waals surface area contributed by atoms with E-state index >= 15 is 0 Å². The first-order valence-corrected chi connectivity index (χ1v) is 6.88. The van der Waals surface area contributed by atoms with Gasteiger partial charge in [0.15, 0.2) is 11.5 Å². The van der Waals surface area contributed by atoms with Crippen LogP contribution in [0, 0.1) is 0 Å². The van der Waals surface area contributed by atoms with E-state index in [4.69, 9.17) is 0 Å². The number of nitrogens with zero attached hydrogens (tertiary/aromatic N) is 3. The van der Waals surface area contributed by atoms with Gasteiger partial charge in [-0.2, -0.15) is 0 Å². The van der Waals surface area contributed by atoms with Gasteiger partial charge in [-0.05, 0) is 12.5 Å². The van der Waals surface area contributed by atoms with E-state index in [0.29, 0.717) is 30.3 Å². The summed E-state index contributed by atoms with van der Waals surface area (Å²) in [7, 11) is 0. The van der Waals surface area contributed by atoms with Gasteiger partial charge in [0.1, 0.15) is 11.3 Å². The Morgan fingerprint density at radius 1 is 1.24 bits per heavy atom. The van der Waals surface area contributed by atoms with Crippen molar-refractivity contribution in [2.24, 2.45) is 0 Å². The van der Waals surface area contributed by atoms with Gasteiger partial charge < -0.3 is 15.4 Å². The Hall–Kier alpha value is -2.47. The second kappa shape index (κ2) is 5.88. The first-order valence-electron chi connectivity index (χ1n) is 6.88. The number of hydrogen-bond acceptors (Lipinski definition) is 5. The molecular weight excluding hydrogens is 266 g/mol. The van der Waals surface area contributed by atoms with Crippen molar-refractivity contribution in [2.45, 2.75) is 26.0 Å². The average Bonchev–Trinajstić information content (AvgIpc) is 2.93. The molecule has 3 rings (SSSR count). The lowest BCUT2D eigenvalue weighted by Crippen LogP contribution is -2.11. The van der Waals surface area contributed by atoms with Crippen LogP contribution in [0.3, 0.4) is 0 Å². The summed E-state index contributed by atoms with van der Waals surface area (Å²) in [5, 5.41) is 12.8. The Kier molecular flexibility index (Phi) is 3.79. The fraction of sp³-hybridized carbons (Fsp3) is 0.267. The normalized spacial score (nSPS) is 12.5. The molecule has 6 nitrogen and oxygen atoms in total. The number of aromatic nitrogens is 4. The third kappa shape index (κ3) is 3.17. The number of nitrogens with one attached hydrogen (secondary N) is 2. The lowest BCUT2D eigenvalue weighted by atomic mass is 10.2. The summed E-state index contributed by atoms with van der Waals surface area (Å²) in [4.78, 5) is 16.0. The number of H-pyrrole nitrogens is 1. The first kappa shape index (κ1) is 13.5. The van der Waals surface area contributed by atoms with Crippen LogP contribution < -0.4 is 5.32 Å². The van der Waals surface area contributed by atoms with Crippen LogP contribution in [0.25, 0.3) is 11.2 Å². The molecule has 3 aromatic rings. The largest absolute Gasteiger partial charge is 0.393 e. The molecule has 2 heterocycles. The molecule has 0 saturated carbocycles. The van der Waals surface area contributed by atoms with Crippen LogP contribution in [0.5, 0.6) is 0 Å². The SMILES string of the molecule is C[C@@H](O)Cc1nc(NCc2ccccc2)c2[nH]cnc2n1. The number of benzene rings is 1. The van der Waals surface area contributed by atoms with E-state index in [2.05, 4.69) is 37.4 Å². The molecule has 0 radical (unpaired) electrons. The second-order valence-electron chi connectivity index (χ2n) is 4.98. The molecule has 0 aliphatic carbocycles. The number of aromatic amines is 1. The quantitative estimate of drug-likeness (QED) is 0.665. The molecule has 0 unspecified atom stereocenters. The molecule has 2 aromatic heterocycles. The Balaban J connectivity index is 1.87. The second-order valence-corrected chi connectivity index (χ2v) is 4.98. The molecule has 0 bridgehead atoms. The average molecular weight is 283 g/mol. The third-order valence-corrected chi connectivity index (χ3v) is 3.11. The molecule has 0 aliphatic heterocycles. The fourth-order valence-electron chi connectivity index (χ4n) is 2.14. The lowest BCUT2D eigenvalue weighted by molar-refractivity contribution is 0.193. The van der Waals surface area contributed by atoms with Gasteiger partial charge in [-0.25, -0.2) is 15.0 Å². The number of aliphatic hydroxyl groups is 1. The maximum Gasteiger partial charge on any atom is 0.183 e. The molecule has 0 fully saturated rings. The van der Waals surface area contributed by atoms with Crippen molar-refractivity contribution in [3.63, 3.8) is 0 Å². The molecule has 6 heteroatoms. The van der Waals surface area contributed by atoms with Crippen molar-refractivity contribution in [3.8, 4) is 0 Å². The van der Waals surface area contributed by atoms with Crippen LogP contribution in [0.1, 0.15) is 18.3 Å². The molecule has 1 atom stereocenters. The van der Waals surface area contributed by atoms with Crippen LogP contribution in [-0.2, 0) is 13.0 Å². The number of rotatable bonds is 5. The van der Waals surface area contributed by atoms with Crippen molar-refractivity contribution in [1.82, 2.24) is 19.9 Å². The van der Waals surface area contributed by atoms with Gasteiger partial charge in [0.05, 0.1) is 12.4 Å². The van der Waals surface area contributed by atoms with Gasteiger partial charge in [-0.15, -0.1) is 0 Å². The first-order chi connectivity index (χ1) is 10.2. The highest BCUT2D eigenvalue weighted by Crippen LogP contribution is 2.18. The van der Waals surface area contributed by atoms with Crippen molar-refractivity contribution >= 4 is 17.0 Å². The van der Waals surface area contributed by atoms with Crippen LogP contribution >= 0.6 is 0 Å². The maximum atomic E-state index is 9.50. The predicted octanol–water partition coefficient (Wildman–Crippen LogP) is 1.89. The van der Waals surface area contributed by atoms with Crippen LogP contribution in [0.4, 0.5) is 5.82 Å². The highest BCUT2D eigenvalue weighted by molar-refractivity contribution is 5.82. The lowest BCUT2D eigenvalue weighted by Gasteiger charge is -2.09. The zero-order valence-corrected chi connectivity index (χ0v) is 11.7. The smallest absolute Gasteiger partial charge is 0.183 e. The van der Waals surface area contributed by atoms with Crippen molar-refractivity contribution in [3.05, 3.63) is 48.0 Å². The molecule has 0 saturated heterocycles. The van der Waals surface area contributed by atoms with Gasteiger partial charge in [0.25, 0.3) is 0 Å². The number of aliphatic hydroxyl groups excluding tert-OH is 1. The maximum absolute atomic E-state index is 9.50. The standard InChI is InChI=1S/C15H17N5O/c1-10(21)7-12-19-14(13-15(20-12)18-9-17-13)16-8-11-5-3-2-4-6-11/h2-6,9-10,21H,7-8H2,1H3,(H2,16,17,18,19,20)/t10-/m1/s1. The van der Waals surface area contributed by atoms with E-state index in [0.717, 1.165) is 5.52 Å². The Morgan fingerprint density at radius 2 is 2.05 bits per heavy atom. The Labute approximate surface area is 122 Å². The summed E-state index contributed by atoms with van der Waals surface area (Å²) in [5.41, 5.74) is 2.55. The predicted molar refractivity (Wildman–Crippen MR) is 80.8 cm³/mol. The molecule has 1 aromatic carbocycles. The molecule has 0 spiro atoms. The molecule has 21 heavy (non-hydrogen) atoms. The van der Waals surface area contributed by atoms with Gasteiger partial charge >= 0.3 is 0 Å². The third-order valence-electron chi connectivity index (χ3n) is 3.11. The number of fused-ring (bicyclic) bond motifs is 1. The number of hydrogen-bond donors (Lipinski definition) is 3. The Morgan fingerprint density at radius 3 is 2.81 bits per heavy atom. The van der Waals surface area contributed by atoms with E-state index in [1.807, 2.05) is 18.2 Å². The van der Waals surface area contributed by atoms with Gasteiger partial charge in [0.2, 0.25) is 0 Å². The van der Waals surface area contributed by atoms with Crippen molar-refractivity contribution in [2.75, 3.05) is 5.32 Å². The van der Waals surface area contributed by atoms with E-state index in [-0.39, 0.29) is 0 Å². The summed E-state index contributed by atoms with van der Waals surface area (Å²) in [6.45, 7) is 2.38. The summed E-state index contributed by atoms with van der Waals surface area (Å²) < 4.78 is 0. The van der Waals surface area contributed by atoms with Crippen molar-refractivity contribution < 1.29 is 5.11 Å². The summed E-state index contributed by atoms with van der Waals surface area (Å²) >= 11 is 0. The minimum atomic E-state index is -0.483. The molecule has 3 N–H and O–H groups in total. The van der Waals surface area contributed by atoms with Gasteiger partial charge in [-0.1, -0.05) is 30.3 Å². The van der Waals surface area contributed by atoms with Gasteiger partial charge in [0, 0.05) is 13.0 Å². The monoisotopic (exact) mass is 283 g/mol. The molecular formula is C15H17N5O. The summed E-state index contributed by atoms with van der Waals surface area (Å²) in [6, 6.07) is 10.1. The minimum Gasteiger partial charge on any atom is -0.393 e.